The fourth-order valence-electron chi connectivity index (χ4n) is 2.81. The summed E-state index contributed by atoms with van der Waals surface area (Å²) in [5, 5.41) is 8.64. The van der Waals surface area contributed by atoms with Crippen molar-refractivity contribution in [2.24, 2.45) is 0 Å². The fourth-order valence-corrected chi connectivity index (χ4v) is 3.63. The molecule has 0 spiro atoms. The van der Waals surface area contributed by atoms with Crippen LogP contribution in [0.15, 0.2) is 36.4 Å². The quantitative estimate of drug-likeness (QED) is 0.844. The molecule has 1 aliphatic heterocycles. The molecule has 2 heterocycles. The predicted molar refractivity (Wildman–Crippen MR) is 95.5 cm³/mol. The highest BCUT2D eigenvalue weighted by Gasteiger charge is 2.24. The summed E-state index contributed by atoms with van der Waals surface area (Å²) in [6.07, 6.45) is 2.27. The van der Waals surface area contributed by atoms with Crippen LogP contribution in [0, 0.1) is 0 Å². The highest BCUT2D eigenvalue weighted by Crippen LogP contribution is 2.20. The van der Waals surface area contributed by atoms with E-state index < -0.39 is 10.0 Å². The van der Waals surface area contributed by atoms with E-state index in [1.807, 2.05) is 12.1 Å². The van der Waals surface area contributed by atoms with Gasteiger partial charge in [0.15, 0.2) is 5.82 Å². The minimum Gasteiger partial charge on any atom is -0.352 e. The average molecular weight is 346 g/mol. The molecule has 1 saturated heterocycles. The van der Waals surface area contributed by atoms with Crippen LogP contribution in [0.2, 0.25) is 0 Å². The topological polar surface area (TPSA) is 66.4 Å². The number of hydrogen-bond donors (Lipinski definition) is 0. The molecule has 7 heteroatoms. The lowest BCUT2D eigenvalue weighted by molar-refractivity contribution is 0.386. The van der Waals surface area contributed by atoms with E-state index in [0.29, 0.717) is 26.2 Å². The SMILES string of the molecule is CCc1ccc(-c2ccc(N3CCN(S(C)(=O)=O)CC3)nn2)cc1. The van der Waals surface area contributed by atoms with Crippen molar-refractivity contribution in [1.82, 2.24) is 14.5 Å². The Kier molecular flexibility index (Phi) is 4.82. The van der Waals surface area contributed by atoms with Gasteiger partial charge in [0.25, 0.3) is 0 Å². The first-order valence-corrected chi connectivity index (χ1v) is 9.95. The molecule has 128 valence electrons. The maximum absolute atomic E-state index is 11.6. The number of rotatable bonds is 4. The van der Waals surface area contributed by atoms with Gasteiger partial charge in [-0.2, -0.15) is 4.31 Å². The minimum absolute atomic E-state index is 0.487. The number of anilines is 1. The lowest BCUT2D eigenvalue weighted by Crippen LogP contribution is -2.48. The third kappa shape index (κ3) is 3.73. The Morgan fingerprint density at radius 3 is 2.12 bits per heavy atom. The predicted octanol–water partition coefficient (Wildman–Crippen LogP) is 1.79. The number of benzene rings is 1. The fraction of sp³-hybridized carbons (Fsp3) is 0.412. The molecule has 3 rings (SSSR count). The standard InChI is InChI=1S/C17H22N4O2S/c1-3-14-4-6-15(7-5-14)16-8-9-17(19-18-16)20-10-12-21(13-11-20)24(2,22)23/h4-9H,3,10-13H2,1-2H3. The normalized spacial score (nSPS) is 16.3. The first-order chi connectivity index (χ1) is 11.5. The number of aromatic nitrogens is 2. The van der Waals surface area contributed by atoms with Crippen molar-refractivity contribution in [3.05, 3.63) is 42.0 Å². The van der Waals surface area contributed by atoms with E-state index in [2.05, 4.69) is 46.3 Å². The van der Waals surface area contributed by atoms with E-state index >= 15 is 0 Å². The zero-order valence-electron chi connectivity index (χ0n) is 14.0. The molecule has 1 fully saturated rings. The molecule has 0 atom stereocenters. The second-order valence-corrected chi connectivity index (χ2v) is 7.96. The van der Waals surface area contributed by atoms with Gasteiger partial charge < -0.3 is 4.90 Å². The van der Waals surface area contributed by atoms with Crippen LogP contribution in [0.25, 0.3) is 11.3 Å². The summed E-state index contributed by atoms with van der Waals surface area (Å²) >= 11 is 0. The van der Waals surface area contributed by atoms with Gasteiger partial charge in [0.2, 0.25) is 10.0 Å². The van der Waals surface area contributed by atoms with Crippen LogP contribution in [-0.2, 0) is 16.4 Å². The molecule has 1 aliphatic rings. The smallest absolute Gasteiger partial charge is 0.211 e. The summed E-state index contributed by atoms with van der Waals surface area (Å²) in [7, 11) is -3.11. The van der Waals surface area contributed by atoms with Crippen molar-refractivity contribution in [3.8, 4) is 11.3 Å². The van der Waals surface area contributed by atoms with E-state index in [0.717, 1.165) is 23.5 Å². The Hall–Kier alpha value is -1.99. The van der Waals surface area contributed by atoms with E-state index in [-0.39, 0.29) is 0 Å². The Morgan fingerprint density at radius 2 is 1.62 bits per heavy atom. The largest absolute Gasteiger partial charge is 0.352 e. The number of nitrogens with zero attached hydrogens (tertiary/aromatic N) is 4. The second kappa shape index (κ2) is 6.86. The van der Waals surface area contributed by atoms with Crippen molar-refractivity contribution >= 4 is 15.8 Å². The van der Waals surface area contributed by atoms with Crippen LogP contribution in [0.4, 0.5) is 5.82 Å². The van der Waals surface area contributed by atoms with Crippen LogP contribution >= 0.6 is 0 Å². The molecule has 24 heavy (non-hydrogen) atoms. The summed E-state index contributed by atoms with van der Waals surface area (Å²) in [4.78, 5) is 2.07. The molecule has 0 bridgehead atoms. The summed E-state index contributed by atoms with van der Waals surface area (Å²) in [6, 6.07) is 12.3. The van der Waals surface area contributed by atoms with Gasteiger partial charge in [0.05, 0.1) is 11.9 Å². The van der Waals surface area contributed by atoms with E-state index in [9.17, 15) is 8.42 Å². The van der Waals surface area contributed by atoms with Crippen LogP contribution in [0.5, 0.6) is 0 Å². The monoisotopic (exact) mass is 346 g/mol. The first-order valence-electron chi connectivity index (χ1n) is 8.10. The number of aryl methyl sites for hydroxylation is 1. The summed E-state index contributed by atoms with van der Waals surface area (Å²) in [5.41, 5.74) is 3.19. The van der Waals surface area contributed by atoms with Crippen LogP contribution in [-0.4, -0.2) is 55.4 Å². The van der Waals surface area contributed by atoms with Crippen LogP contribution in [0.3, 0.4) is 0 Å². The molecular formula is C17H22N4O2S. The number of sulfonamides is 1. The second-order valence-electron chi connectivity index (χ2n) is 5.98. The molecule has 0 saturated carbocycles. The van der Waals surface area contributed by atoms with Gasteiger partial charge in [-0.3, -0.25) is 0 Å². The molecule has 0 aliphatic carbocycles. The highest BCUT2D eigenvalue weighted by molar-refractivity contribution is 7.88. The van der Waals surface area contributed by atoms with Crippen LogP contribution < -0.4 is 4.90 Å². The molecule has 0 N–H and O–H groups in total. The van der Waals surface area contributed by atoms with Gasteiger partial charge in [-0.1, -0.05) is 31.2 Å². The van der Waals surface area contributed by atoms with Crippen LogP contribution in [0.1, 0.15) is 12.5 Å². The van der Waals surface area contributed by atoms with Gasteiger partial charge in [0, 0.05) is 31.7 Å². The van der Waals surface area contributed by atoms with Crippen molar-refractivity contribution in [3.63, 3.8) is 0 Å². The molecule has 6 nitrogen and oxygen atoms in total. The van der Waals surface area contributed by atoms with Crippen molar-refractivity contribution in [1.29, 1.82) is 0 Å². The molecule has 0 radical (unpaired) electrons. The molecule has 0 unspecified atom stereocenters. The van der Waals surface area contributed by atoms with Gasteiger partial charge in [-0.25, -0.2) is 8.42 Å². The molecule has 1 aromatic carbocycles. The first kappa shape index (κ1) is 16.9. The minimum atomic E-state index is -3.11. The Balaban J connectivity index is 1.69. The zero-order valence-corrected chi connectivity index (χ0v) is 14.8. The van der Waals surface area contributed by atoms with Crippen molar-refractivity contribution in [2.45, 2.75) is 13.3 Å². The molecule has 1 aromatic heterocycles. The Morgan fingerprint density at radius 1 is 0.958 bits per heavy atom. The third-order valence-corrected chi connectivity index (χ3v) is 5.64. The Bertz CT molecular complexity index is 780. The maximum Gasteiger partial charge on any atom is 0.211 e. The Labute approximate surface area is 143 Å². The number of hydrogen-bond acceptors (Lipinski definition) is 5. The van der Waals surface area contributed by atoms with Gasteiger partial charge >= 0.3 is 0 Å². The van der Waals surface area contributed by atoms with Gasteiger partial charge in [-0.05, 0) is 24.1 Å². The third-order valence-electron chi connectivity index (χ3n) is 4.34. The van der Waals surface area contributed by atoms with E-state index in [4.69, 9.17) is 0 Å². The molecule has 0 amide bonds. The average Bonchev–Trinajstić information content (AvgIpc) is 2.61. The summed E-state index contributed by atoms with van der Waals surface area (Å²) in [5.74, 6) is 0.789. The lowest BCUT2D eigenvalue weighted by Gasteiger charge is -2.33. The highest BCUT2D eigenvalue weighted by atomic mass is 32.2. The molecule has 2 aromatic rings. The summed E-state index contributed by atoms with van der Waals surface area (Å²) < 4.78 is 24.6. The van der Waals surface area contributed by atoms with Gasteiger partial charge in [0.1, 0.15) is 0 Å². The number of piperazine rings is 1. The lowest BCUT2D eigenvalue weighted by atomic mass is 10.1. The molecular weight excluding hydrogens is 324 g/mol. The van der Waals surface area contributed by atoms with Crippen molar-refractivity contribution < 1.29 is 8.42 Å². The van der Waals surface area contributed by atoms with Gasteiger partial charge in [-0.15, -0.1) is 10.2 Å². The summed E-state index contributed by atoms with van der Waals surface area (Å²) in [6.45, 7) is 4.37. The maximum atomic E-state index is 11.6. The van der Waals surface area contributed by atoms with E-state index in [1.54, 1.807) is 0 Å². The van der Waals surface area contributed by atoms with Crippen molar-refractivity contribution in [2.75, 3.05) is 37.3 Å². The zero-order chi connectivity index (χ0) is 17.2. The van der Waals surface area contributed by atoms with E-state index in [1.165, 1.54) is 16.1 Å².